The number of amides is 1. The molecule has 2 N–H and O–H groups in total. The van der Waals surface area contributed by atoms with Gasteiger partial charge in [0.15, 0.2) is 5.96 Å². The lowest BCUT2D eigenvalue weighted by molar-refractivity contribution is -0.137. The van der Waals surface area contributed by atoms with Gasteiger partial charge in [0, 0.05) is 39.6 Å². The van der Waals surface area contributed by atoms with Gasteiger partial charge in [-0.2, -0.15) is 13.2 Å². The van der Waals surface area contributed by atoms with Crippen molar-refractivity contribution < 1.29 is 18.0 Å². The fraction of sp³-hybridized carbons (Fsp3) is 0.391. The number of carbonyl (C=O) groups excluding carboxylic acids is 1. The number of benzene rings is 2. The van der Waals surface area contributed by atoms with Crippen molar-refractivity contribution in [3.8, 4) is 0 Å². The lowest BCUT2D eigenvalue weighted by Gasteiger charge is -2.16. The maximum atomic E-state index is 12.6. The number of aliphatic imine (C=N–C) groups is 1. The molecule has 1 saturated heterocycles. The first kappa shape index (κ1) is 26.0. The Morgan fingerprint density at radius 2 is 1.62 bits per heavy atom. The van der Waals surface area contributed by atoms with Crippen molar-refractivity contribution in [1.82, 2.24) is 15.5 Å². The Morgan fingerprint density at radius 3 is 2.19 bits per heavy atom. The summed E-state index contributed by atoms with van der Waals surface area (Å²) in [5.41, 5.74) is 2.38. The molecule has 0 unspecified atom stereocenters. The average molecular weight is 560 g/mol. The Labute approximate surface area is 203 Å². The number of guanidine groups is 1. The van der Waals surface area contributed by atoms with Gasteiger partial charge in [0.25, 0.3) is 0 Å². The van der Waals surface area contributed by atoms with Gasteiger partial charge in [-0.15, -0.1) is 24.0 Å². The van der Waals surface area contributed by atoms with E-state index in [-0.39, 0.29) is 29.9 Å². The van der Waals surface area contributed by atoms with Gasteiger partial charge in [-0.3, -0.25) is 9.79 Å². The lowest BCUT2D eigenvalue weighted by Crippen LogP contribution is -2.37. The normalized spacial score (nSPS) is 14.3. The molecule has 0 saturated carbocycles. The second-order valence-electron chi connectivity index (χ2n) is 7.53. The Morgan fingerprint density at radius 1 is 1.00 bits per heavy atom. The molecule has 0 atom stereocenters. The number of carbonyl (C=O) groups is 1. The minimum absolute atomic E-state index is 0. The zero-order valence-corrected chi connectivity index (χ0v) is 20.2. The van der Waals surface area contributed by atoms with Crippen LogP contribution in [0.3, 0.4) is 0 Å². The van der Waals surface area contributed by atoms with Gasteiger partial charge in [0.05, 0.1) is 5.56 Å². The van der Waals surface area contributed by atoms with Crippen LogP contribution >= 0.6 is 24.0 Å². The third-order valence-electron chi connectivity index (χ3n) is 5.24. The van der Waals surface area contributed by atoms with E-state index in [0.29, 0.717) is 38.4 Å². The molecule has 0 radical (unpaired) electrons. The standard InChI is InChI=1S/C23H27F3N4O.HI/c1-27-22(28-13-12-17-8-10-20(11-9-17)23(24,25)26)29-15-18-4-6-19(7-5-18)16-30-14-2-3-21(30)31;/h4-11H,2-3,12-16H2,1H3,(H2,27,28,29);1H. The molecule has 174 valence electrons. The van der Waals surface area contributed by atoms with Gasteiger partial charge >= 0.3 is 6.18 Å². The van der Waals surface area contributed by atoms with Crippen LogP contribution in [0, 0.1) is 0 Å². The minimum atomic E-state index is -4.31. The van der Waals surface area contributed by atoms with Crippen molar-refractivity contribution in [3.63, 3.8) is 0 Å². The van der Waals surface area contributed by atoms with E-state index in [1.807, 2.05) is 29.2 Å². The van der Waals surface area contributed by atoms with Gasteiger partial charge in [0.2, 0.25) is 5.91 Å². The summed E-state index contributed by atoms with van der Waals surface area (Å²) >= 11 is 0. The van der Waals surface area contributed by atoms with Crippen LogP contribution in [-0.4, -0.2) is 36.9 Å². The van der Waals surface area contributed by atoms with E-state index < -0.39 is 11.7 Å². The molecular formula is C23H28F3IN4O. The van der Waals surface area contributed by atoms with Crippen molar-refractivity contribution in [2.75, 3.05) is 20.1 Å². The summed E-state index contributed by atoms with van der Waals surface area (Å²) in [6, 6.07) is 13.3. The smallest absolute Gasteiger partial charge is 0.356 e. The average Bonchev–Trinajstić information content (AvgIpc) is 3.15. The molecule has 32 heavy (non-hydrogen) atoms. The third-order valence-corrected chi connectivity index (χ3v) is 5.24. The molecule has 0 aliphatic carbocycles. The minimum Gasteiger partial charge on any atom is -0.356 e. The number of halogens is 4. The summed E-state index contributed by atoms with van der Waals surface area (Å²) in [6.07, 6.45) is -2.14. The largest absolute Gasteiger partial charge is 0.416 e. The highest BCUT2D eigenvalue weighted by atomic mass is 127. The van der Waals surface area contributed by atoms with Crippen molar-refractivity contribution >= 4 is 35.8 Å². The molecule has 1 amide bonds. The Balaban J connectivity index is 0.00000363. The van der Waals surface area contributed by atoms with Crippen molar-refractivity contribution in [3.05, 3.63) is 70.8 Å². The topological polar surface area (TPSA) is 56.7 Å². The van der Waals surface area contributed by atoms with E-state index >= 15 is 0 Å². The summed E-state index contributed by atoms with van der Waals surface area (Å²) in [5, 5.41) is 6.40. The second kappa shape index (κ2) is 12.1. The first-order valence-electron chi connectivity index (χ1n) is 10.3. The molecule has 3 rings (SSSR count). The quantitative estimate of drug-likeness (QED) is 0.301. The molecule has 1 aliphatic rings. The Kier molecular flexibility index (Phi) is 9.80. The monoisotopic (exact) mass is 560 g/mol. The van der Waals surface area contributed by atoms with Crippen molar-refractivity contribution in [2.24, 2.45) is 4.99 Å². The van der Waals surface area contributed by atoms with E-state index in [1.165, 1.54) is 12.1 Å². The molecular weight excluding hydrogens is 532 g/mol. The summed E-state index contributed by atoms with van der Waals surface area (Å²) in [5.74, 6) is 0.843. The van der Waals surface area contributed by atoms with E-state index in [0.717, 1.165) is 41.8 Å². The number of nitrogens with zero attached hydrogens (tertiary/aromatic N) is 2. The number of likely N-dealkylation sites (tertiary alicyclic amines) is 1. The van der Waals surface area contributed by atoms with Crippen molar-refractivity contribution in [2.45, 2.75) is 38.5 Å². The molecule has 1 heterocycles. The van der Waals surface area contributed by atoms with Crippen LogP contribution in [0.1, 0.15) is 35.1 Å². The first-order chi connectivity index (χ1) is 14.8. The molecule has 1 aliphatic heterocycles. The van der Waals surface area contributed by atoms with Gasteiger partial charge in [0.1, 0.15) is 0 Å². The predicted molar refractivity (Wildman–Crippen MR) is 130 cm³/mol. The fourth-order valence-corrected chi connectivity index (χ4v) is 3.45. The molecule has 0 aromatic heterocycles. The molecule has 1 fully saturated rings. The van der Waals surface area contributed by atoms with Crippen LogP contribution in [0.5, 0.6) is 0 Å². The van der Waals surface area contributed by atoms with Crippen LogP contribution in [0.4, 0.5) is 13.2 Å². The molecule has 2 aromatic rings. The van der Waals surface area contributed by atoms with Crippen LogP contribution in [0.15, 0.2) is 53.5 Å². The zero-order chi connectivity index (χ0) is 22.3. The maximum Gasteiger partial charge on any atom is 0.416 e. The van der Waals surface area contributed by atoms with Crippen LogP contribution in [0.25, 0.3) is 0 Å². The Bertz CT molecular complexity index is 899. The first-order valence-corrected chi connectivity index (χ1v) is 10.3. The van der Waals surface area contributed by atoms with Gasteiger partial charge in [-0.05, 0) is 41.7 Å². The maximum absolute atomic E-state index is 12.6. The molecule has 2 aromatic carbocycles. The highest BCUT2D eigenvalue weighted by molar-refractivity contribution is 14.0. The summed E-state index contributed by atoms with van der Waals surface area (Å²) in [6.45, 7) is 2.62. The van der Waals surface area contributed by atoms with E-state index in [1.54, 1.807) is 7.05 Å². The number of nitrogens with one attached hydrogen (secondary N) is 2. The van der Waals surface area contributed by atoms with E-state index in [2.05, 4.69) is 15.6 Å². The number of rotatable bonds is 7. The van der Waals surface area contributed by atoms with E-state index in [4.69, 9.17) is 0 Å². The number of hydrogen-bond donors (Lipinski definition) is 2. The zero-order valence-electron chi connectivity index (χ0n) is 17.9. The SMILES string of the molecule is CN=C(NCCc1ccc(C(F)(F)F)cc1)NCc1ccc(CN2CCCC2=O)cc1.I. The van der Waals surface area contributed by atoms with Crippen LogP contribution in [-0.2, 0) is 30.5 Å². The lowest BCUT2D eigenvalue weighted by atomic mass is 10.1. The number of alkyl halides is 3. The molecule has 9 heteroatoms. The van der Waals surface area contributed by atoms with Gasteiger partial charge in [-0.25, -0.2) is 0 Å². The second-order valence-corrected chi connectivity index (χ2v) is 7.53. The molecule has 0 spiro atoms. The summed E-state index contributed by atoms with van der Waals surface area (Å²) in [4.78, 5) is 17.8. The van der Waals surface area contributed by atoms with Crippen molar-refractivity contribution in [1.29, 1.82) is 0 Å². The highest BCUT2D eigenvalue weighted by Gasteiger charge is 2.29. The summed E-state index contributed by atoms with van der Waals surface area (Å²) in [7, 11) is 1.67. The van der Waals surface area contributed by atoms with Gasteiger partial charge < -0.3 is 15.5 Å². The fourth-order valence-electron chi connectivity index (χ4n) is 3.45. The highest BCUT2D eigenvalue weighted by Crippen LogP contribution is 2.29. The summed E-state index contributed by atoms with van der Waals surface area (Å²) < 4.78 is 37.9. The van der Waals surface area contributed by atoms with Gasteiger partial charge in [-0.1, -0.05) is 36.4 Å². The molecule has 0 bridgehead atoms. The number of hydrogen-bond acceptors (Lipinski definition) is 2. The van der Waals surface area contributed by atoms with Crippen LogP contribution < -0.4 is 10.6 Å². The van der Waals surface area contributed by atoms with Crippen LogP contribution in [0.2, 0.25) is 0 Å². The predicted octanol–water partition coefficient (Wildman–Crippen LogP) is 4.35. The molecule has 5 nitrogen and oxygen atoms in total. The van der Waals surface area contributed by atoms with E-state index in [9.17, 15) is 18.0 Å². The third kappa shape index (κ3) is 7.68. The Hall–Kier alpha value is -2.30.